The van der Waals surface area contributed by atoms with E-state index in [-0.39, 0.29) is 18.3 Å². The van der Waals surface area contributed by atoms with Crippen molar-refractivity contribution < 1.29 is 27.4 Å². The quantitative estimate of drug-likeness (QED) is 0.241. The second-order valence-electron chi connectivity index (χ2n) is 9.21. The molecule has 0 aromatic heterocycles. The largest absolute Gasteiger partial charge is 0.494 e. The highest BCUT2D eigenvalue weighted by molar-refractivity contribution is 5.74. The van der Waals surface area contributed by atoms with Gasteiger partial charge in [0.25, 0.3) is 0 Å². The van der Waals surface area contributed by atoms with Crippen LogP contribution in [0, 0.1) is 0 Å². The molecule has 190 valence electrons. The van der Waals surface area contributed by atoms with E-state index in [4.69, 9.17) is 9.47 Å². The molecule has 0 radical (unpaired) electrons. The van der Waals surface area contributed by atoms with Gasteiger partial charge < -0.3 is 9.47 Å². The fourth-order valence-corrected chi connectivity index (χ4v) is 4.45. The van der Waals surface area contributed by atoms with Gasteiger partial charge in [0.15, 0.2) is 0 Å². The van der Waals surface area contributed by atoms with Crippen LogP contribution < -0.4 is 4.74 Å². The van der Waals surface area contributed by atoms with Crippen LogP contribution in [0.25, 0.3) is 0 Å². The minimum atomic E-state index is -4.36. The van der Waals surface area contributed by atoms with Gasteiger partial charge in [-0.05, 0) is 52.8 Å². The molecule has 4 rings (SSSR count). The summed E-state index contributed by atoms with van der Waals surface area (Å²) in [5.74, 6) is 0.682. The minimum Gasteiger partial charge on any atom is -0.494 e. The molecular weight excluding hydrogens is 467 g/mol. The number of rotatable bonds is 10. The van der Waals surface area contributed by atoms with E-state index in [0.717, 1.165) is 17.2 Å². The lowest BCUT2D eigenvalue weighted by atomic mass is 10.00. The molecule has 1 atom stereocenters. The van der Waals surface area contributed by atoms with Gasteiger partial charge in [0.05, 0.1) is 18.6 Å². The van der Waals surface area contributed by atoms with Crippen molar-refractivity contribution in [3.05, 3.63) is 101 Å². The first kappa shape index (κ1) is 25.8. The first-order valence-electron chi connectivity index (χ1n) is 12.1. The number of carbonyl (C=O) groups is 1. The monoisotopic (exact) mass is 497 g/mol. The molecular formula is C29H30F3NO3. The molecule has 0 spiro atoms. The van der Waals surface area contributed by atoms with Gasteiger partial charge >= 0.3 is 12.1 Å². The molecule has 0 amide bonds. The Hall–Kier alpha value is -3.32. The van der Waals surface area contributed by atoms with Gasteiger partial charge in [-0.3, -0.25) is 9.69 Å². The molecule has 1 aliphatic rings. The predicted molar refractivity (Wildman–Crippen MR) is 132 cm³/mol. The Morgan fingerprint density at radius 3 is 2.58 bits per heavy atom. The SMILES string of the molecule is CC(CN(CCCOc1ccc2c(c1)CC(=O)OC2)Cc1cccc(C(F)(F)F)c1)c1ccccc1. The molecule has 1 aliphatic heterocycles. The van der Waals surface area contributed by atoms with Crippen LogP contribution >= 0.6 is 0 Å². The van der Waals surface area contributed by atoms with Crippen LogP contribution in [0.3, 0.4) is 0 Å². The summed E-state index contributed by atoms with van der Waals surface area (Å²) in [6, 6.07) is 21.3. The summed E-state index contributed by atoms with van der Waals surface area (Å²) in [7, 11) is 0. The van der Waals surface area contributed by atoms with Crippen LogP contribution in [-0.2, 0) is 35.3 Å². The number of esters is 1. The number of hydrogen-bond acceptors (Lipinski definition) is 4. The molecule has 0 bridgehead atoms. The van der Waals surface area contributed by atoms with Crippen LogP contribution in [0.4, 0.5) is 13.2 Å². The van der Waals surface area contributed by atoms with Crippen molar-refractivity contribution >= 4 is 5.97 Å². The Bertz CT molecular complexity index is 1160. The number of nitrogens with zero attached hydrogens (tertiary/aromatic N) is 1. The average molecular weight is 498 g/mol. The third-order valence-electron chi connectivity index (χ3n) is 6.35. The predicted octanol–water partition coefficient (Wildman–Crippen LogP) is 6.38. The molecule has 7 heteroatoms. The summed E-state index contributed by atoms with van der Waals surface area (Å²) in [6.07, 6.45) is -3.41. The van der Waals surface area contributed by atoms with Crippen LogP contribution in [0.1, 0.15) is 47.1 Å². The average Bonchev–Trinajstić information content (AvgIpc) is 2.86. The molecule has 0 saturated carbocycles. The van der Waals surface area contributed by atoms with Crippen molar-refractivity contribution in [3.8, 4) is 5.75 Å². The minimum absolute atomic E-state index is 0.221. The molecule has 0 fully saturated rings. The van der Waals surface area contributed by atoms with E-state index in [1.54, 1.807) is 6.07 Å². The first-order chi connectivity index (χ1) is 17.3. The van der Waals surface area contributed by atoms with Crippen molar-refractivity contribution in [2.24, 2.45) is 0 Å². The first-order valence-corrected chi connectivity index (χ1v) is 12.1. The van der Waals surface area contributed by atoms with Gasteiger partial charge in [-0.25, -0.2) is 0 Å². The molecule has 0 aliphatic carbocycles. The smallest absolute Gasteiger partial charge is 0.416 e. The summed E-state index contributed by atoms with van der Waals surface area (Å²) in [5, 5.41) is 0. The zero-order valence-electron chi connectivity index (χ0n) is 20.3. The molecule has 1 heterocycles. The van der Waals surface area contributed by atoms with E-state index >= 15 is 0 Å². The Morgan fingerprint density at radius 2 is 1.81 bits per heavy atom. The fraction of sp³-hybridized carbons (Fsp3) is 0.345. The second kappa shape index (κ2) is 11.6. The van der Waals surface area contributed by atoms with Gasteiger partial charge in [-0.15, -0.1) is 0 Å². The van der Waals surface area contributed by atoms with E-state index in [0.29, 0.717) is 50.6 Å². The number of benzene rings is 3. The van der Waals surface area contributed by atoms with Crippen LogP contribution in [-0.4, -0.2) is 30.6 Å². The third-order valence-corrected chi connectivity index (χ3v) is 6.35. The fourth-order valence-electron chi connectivity index (χ4n) is 4.45. The summed E-state index contributed by atoms with van der Waals surface area (Å²) >= 11 is 0. The Morgan fingerprint density at radius 1 is 1.00 bits per heavy atom. The van der Waals surface area contributed by atoms with Crippen molar-refractivity contribution in [2.45, 2.75) is 45.0 Å². The van der Waals surface area contributed by atoms with Gasteiger partial charge in [-0.1, -0.05) is 61.5 Å². The lowest BCUT2D eigenvalue weighted by Crippen LogP contribution is -2.29. The van der Waals surface area contributed by atoms with Gasteiger partial charge in [0, 0.05) is 19.6 Å². The molecule has 4 nitrogen and oxygen atoms in total. The molecule has 1 unspecified atom stereocenters. The standard InChI is InChI=1S/C29H30F3NO3/c1-21(23-8-3-2-4-9-23)18-33(19-22-7-5-10-26(15-22)29(30,31)32)13-6-14-35-27-12-11-24-20-36-28(34)17-25(24)16-27/h2-5,7-12,15-16,21H,6,13-14,17-20H2,1H3. The Labute approximate surface area is 209 Å². The lowest BCUT2D eigenvalue weighted by molar-refractivity contribution is -0.145. The highest BCUT2D eigenvalue weighted by atomic mass is 19.4. The maximum atomic E-state index is 13.2. The number of cyclic esters (lactones) is 1. The summed E-state index contributed by atoms with van der Waals surface area (Å²) < 4.78 is 50.6. The van der Waals surface area contributed by atoms with Crippen molar-refractivity contribution in [1.29, 1.82) is 0 Å². The molecule has 3 aromatic rings. The van der Waals surface area contributed by atoms with Crippen molar-refractivity contribution in [1.82, 2.24) is 4.90 Å². The third kappa shape index (κ3) is 7.10. The normalized spacial score (nSPS) is 14.3. The number of ether oxygens (including phenoxy) is 2. The zero-order valence-corrected chi connectivity index (χ0v) is 20.3. The summed E-state index contributed by atoms with van der Waals surface area (Å²) in [4.78, 5) is 13.7. The maximum absolute atomic E-state index is 13.2. The van der Waals surface area contributed by atoms with Gasteiger partial charge in [0.1, 0.15) is 12.4 Å². The second-order valence-corrected chi connectivity index (χ2v) is 9.21. The molecule has 0 saturated heterocycles. The number of alkyl halides is 3. The number of fused-ring (bicyclic) bond motifs is 1. The van der Waals surface area contributed by atoms with Crippen LogP contribution in [0.2, 0.25) is 0 Å². The van der Waals surface area contributed by atoms with Crippen LogP contribution in [0.5, 0.6) is 5.75 Å². The van der Waals surface area contributed by atoms with Gasteiger partial charge in [-0.2, -0.15) is 13.2 Å². The highest BCUT2D eigenvalue weighted by Crippen LogP contribution is 2.30. The molecule has 36 heavy (non-hydrogen) atoms. The zero-order chi connectivity index (χ0) is 25.5. The summed E-state index contributed by atoms with van der Waals surface area (Å²) in [6.45, 7) is 4.68. The lowest BCUT2D eigenvalue weighted by Gasteiger charge is -2.26. The van der Waals surface area contributed by atoms with Gasteiger partial charge in [0.2, 0.25) is 0 Å². The number of halogens is 3. The van der Waals surface area contributed by atoms with E-state index in [1.165, 1.54) is 17.7 Å². The maximum Gasteiger partial charge on any atom is 0.416 e. The summed E-state index contributed by atoms with van der Waals surface area (Å²) in [5.41, 5.74) is 3.11. The van der Waals surface area contributed by atoms with Crippen molar-refractivity contribution in [3.63, 3.8) is 0 Å². The van der Waals surface area contributed by atoms with E-state index in [9.17, 15) is 18.0 Å². The topological polar surface area (TPSA) is 38.8 Å². The number of carbonyl (C=O) groups excluding carboxylic acids is 1. The van der Waals surface area contributed by atoms with Crippen molar-refractivity contribution in [2.75, 3.05) is 19.7 Å². The molecule has 0 N–H and O–H groups in total. The van der Waals surface area contributed by atoms with E-state index in [2.05, 4.69) is 24.0 Å². The van der Waals surface area contributed by atoms with Crippen LogP contribution in [0.15, 0.2) is 72.8 Å². The Balaban J connectivity index is 1.38. The van der Waals surface area contributed by atoms with E-state index < -0.39 is 11.7 Å². The Kier molecular flexibility index (Phi) is 8.31. The highest BCUT2D eigenvalue weighted by Gasteiger charge is 2.30. The van der Waals surface area contributed by atoms with E-state index in [1.807, 2.05) is 36.4 Å². The molecule has 3 aromatic carbocycles. The number of hydrogen-bond donors (Lipinski definition) is 0.